The highest BCUT2D eigenvalue weighted by Crippen LogP contribution is 2.23. The van der Waals surface area contributed by atoms with E-state index >= 15 is 0 Å². The highest BCUT2D eigenvalue weighted by Gasteiger charge is 2.12. The minimum atomic E-state index is -0.497. The van der Waals surface area contributed by atoms with Crippen molar-refractivity contribution >= 4 is 23.1 Å². The number of carbonyl (C=O) groups excluding carboxylic acids is 1. The van der Waals surface area contributed by atoms with E-state index in [-0.39, 0.29) is 12.6 Å². The smallest absolute Gasteiger partial charge is 0.323 e. The van der Waals surface area contributed by atoms with Gasteiger partial charge >= 0.3 is 6.03 Å². The van der Waals surface area contributed by atoms with Crippen LogP contribution in [0.1, 0.15) is 13.8 Å². The van der Waals surface area contributed by atoms with Crippen LogP contribution in [0.4, 0.5) is 26.2 Å². The lowest BCUT2D eigenvalue weighted by molar-refractivity contribution is 0.262. The quantitative estimate of drug-likeness (QED) is 0.757. The molecule has 7 nitrogen and oxygen atoms in total. The summed E-state index contributed by atoms with van der Waals surface area (Å²) in [5.41, 5.74) is 1.31. The molecule has 2 aromatic rings. The first-order chi connectivity index (χ1) is 11.4. The van der Waals surface area contributed by atoms with Crippen molar-refractivity contribution in [1.29, 1.82) is 0 Å². The van der Waals surface area contributed by atoms with E-state index < -0.39 is 11.8 Å². The summed E-state index contributed by atoms with van der Waals surface area (Å²) in [5, 5.41) is 18.0. The van der Waals surface area contributed by atoms with Gasteiger partial charge in [-0.25, -0.2) is 9.18 Å². The number of aliphatic hydroxyl groups is 1. The Morgan fingerprint density at radius 2 is 2.08 bits per heavy atom. The van der Waals surface area contributed by atoms with Crippen molar-refractivity contribution < 1.29 is 14.3 Å². The number of nitrogens with zero attached hydrogens (tertiary/aromatic N) is 3. The average Bonchev–Trinajstić information content (AvgIpc) is 2.94. The highest BCUT2D eigenvalue weighted by atomic mass is 19.1. The number of urea groups is 1. The second-order valence-corrected chi connectivity index (χ2v) is 5.67. The molecule has 0 saturated heterocycles. The first-order valence-corrected chi connectivity index (χ1v) is 7.64. The van der Waals surface area contributed by atoms with Gasteiger partial charge in [-0.2, -0.15) is 5.10 Å². The normalized spacial score (nSPS) is 10.8. The van der Waals surface area contributed by atoms with Crippen LogP contribution >= 0.6 is 0 Å². The SMILES string of the molecule is CC(C)N(C)c1ccc(NC(=O)Nc2cnn(CCO)c2)cc1F. The van der Waals surface area contributed by atoms with Gasteiger partial charge in [0.1, 0.15) is 5.82 Å². The molecular weight excluding hydrogens is 313 g/mol. The molecule has 0 unspecified atom stereocenters. The van der Waals surface area contributed by atoms with Crippen LogP contribution in [0.5, 0.6) is 0 Å². The molecule has 0 saturated carbocycles. The molecule has 130 valence electrons. The van der Waals surface area contributed by atoms with Gasteiger partial charge in [-0.15, -0.1) is 0 Å². The predicted octanol–water partition coefficient (Wildman–Crippen LogP) is 2.50. The molecule has 0 radical (unpaired) electrons. The summed E-state index contributed by atoms with van der Waals surface area (Å²) in [6.45, 7) is 4.25. The number of carbonyl (C=O) groups is 1. The second kappa shape index (κ2) is 7.78. The minimum absolute atomic E-state index is 0.0379. The minimum Gasteiger partial charge on any atom is -0.394 e. The van der Waals surface area contributed by atoms with Gasteiger partial charge in [0.15, 0.2) is 0 Å². The van der Waals surface area contributed by atoms with Crippen LogP contribution in [0.2, 0.25) is 0 Å². The van der Waals surface area contributed by atoms with Crippen LogP contribution < -0.4 is 15.5 Å². The number of hydrogen-bond donors (Lipinski definition) is 3. The molecular formula is C16H22FN5O2. The van der Waals surface area contributed by atoms with Crippen LogP contribution in [0, 0.1) is 5.82 Å². The van der Waals surface area contributed by atoms with Crippen molar-refractivity contribution in [3.8, 4) is 0 Å². The summed E-state index contributed by atoms with van der Waals surface area (Å²) in [4.78, 5) is 13.8. The van der Waals surface area contributed by atoms with Gasteiger partial charge in [-0.05, 0) is 32.0 Å². The van der Waals surface area contributed by atoms with E-state index in [4.69, 9.17) is 5.11 Å². The molecule has 24 heavy (non-hydrogen) atoms. The van der Waals surface area contributed by atoms with Crippen molar-refractivity contribution in [3.05, 3.63) is 36.4 Å². The Hall–Kier alpha value is -2.61. The molecule has 0 atom stereocenters. The molecule has 1 heterocycles. The van der Waals surface area contributed by atoms with E-state index in [0.29, 0.717) is 23.6 Å². The lowest BCUT2D eigenvalue weighted by Crippen LogP contribution is -2.26. The summed E-state index contributed by atoms with van der Waals surface area (Å²) in [5.74, 6) is -0.403. The summed E-state index contributed by atoms with van der Waals surface area (Å²) in [6, 6.07) is 4.22. The van der Waals surface area contributed by atoms with Gasteiger partial charge in [-0.3, -0.25) is 4.68 Å². The Balaban J connectivity index is 1.99. The number of nitrogens with one attached hydrogen (secondary N) is 2. The van der Waals surface area contributed by atoms with Gasteiger partial charge in [0.05, 0.1) is 30.7 Å². The Bertz CT molecular complexity index is 702. The Morgan fingerprint density at radius 1 is 1.38 bits per heavy atom. The van der Waals surface area contributed by atoms with Gasteiger partial charge in [0, 0.05) is 25.0 Å². The standard InChI is InChI=1S/C16H22FN5O2/c1-11(2)21(3)15-5-4-12(8-14(15)17)19-16(24)20-13-9-18-22(10-13)6-7-23/h4-5,8-11,23H,6-7H2,1-3H3,(H2,19,20,24). The number of aliphatic hydroxyl groups excluding tert-OH is 1. The monoisotopic (exact) mass is 335 g/mol. The van der Waals surface area contributed by atoms with Gasteiger partial charge < -0.3 is 20.6 Å². The van der Waals surface area contributed by atoms with Crippen LogP contribution in [-0.4, -0.2) is 40.6 Å². The fourth-order valence-electron chi connectivity index (χ4n) is 2.10. The number of hydrogen-bond acceptors (Lipinski definition) is 4. The zero-order valence-corrected chi connectivity index (χ0v) is 14.0. The van der Waals surface area contributed by atoms with Crippen LogP contribution in [0.15, 0.2) is 30.6 Å². The van der Waals surface area contributed by atoms with E-state index in [0.717, 1.165) is 0 Å². The topological polar surface area (TPSA) is 82.4 Å². The maximum Gasteiger partial charge on any atom is 0.323 e. The Labute approximate surface area is 140 Å². The molecule has 8 heteroatoms. The average molecular weight is 335 g/mol. The number of aromatic nitrogens is 2. The molecule has 2 amide bonds. The van der Waals surface area contributed by atoms with Gasteiger partial charge in [0.25, 0.3) is 0 Å². The van der Waals surface area contributed by atoms with Crippen LogP contribution in [0.25, 0.3) is 0 Å². The summed E-state index contributed by atoms with van der Waals surface area (Å²) in [6.07, 6.45) is 3.06. The number of amides is 2. The van der Waals surface area contributed by atoms with E-state index in [2.05, 4.69) is 15.7 Å². The number of rotatable bonds is 6. The third-order valence-corrected chi connectivity index (χ3v) is 3.58. The number of halogens is 1. The van der Waals surface area contributed by atoms with Crippen molar-refractivity contribution in [3.63, 3.8) is 0 Å². The van der Waals surface area contributed by atoms with E-state index in [1.165, 1.54) is 16.9 Å². The zero-order valence-electron chi connectivity index (χ0n) is 14.0. The lowest BCUT2D eigenvalue weighted by Gasteiger charge is -2.24. The Kier molecular flexibility index (Phi) is 5.75. The number of benzene rings is 1. The second-order valence-electron chi connectivity index (χ2n) is 5.67. The highest BCUT2D eigenvalue weighted by molar-refractivity contribution is 5.99. The first-order valence-electron chi connectivity index (χ1n) is 7.64. The third kappa shape index (κ3) is 4.45. The molecule has 0 bridgehead atoms. The fraction of sp³-hybridized carbons (Fsp3) is 0.375. The third-order valence-electron chi connectivity index (χ3n) is 3.58. The zero-order chi connectivity index (χ0) is 17.7. The van der Waals surface area contributed by atoms with Crippen molar-refractivity contribution in [1.82, 2.24) is 9.78 Å². The molecule has 2 rings (SSSR count). The molecule has 0 aliphatic heterocycles. The maximum absolute atomic E-state index is 14.2. The van der Waals surface area contributed by atoms with Crippen LogP contribution in [0.3, 0.4) is 0 Å². The largest absolute Gasteiger partial charge is 0.394 e. The summed E-state index contributed by atoms with van der Waals surface area (Å²) >= 11 is 0. The Morgan fingerprint density at radius 3 is 2.71 bits per heavy atom. The maximum atomic E-state index is 14.2. The lowest BCUT2D eigenvalue weighted by atomic mass is 10.2. The summed E-state index contributed by atoms with van der Waals surface area (Å²) < 4.78 is 15.7. The predicted molar refractivity (Wildman–Crippen MR) is 91.9 cm³/mol. The fourth-order valence-corrected chi connectivity index (χ4v) is 2.10. The molecule has 1 aromatic heterocycles. The van der Waals surface area contributed by atoms with E-state index in [9.17, 15) is 9.18 Å². The van der Waals surface area contributed by atoms with Crippen LogP contribution in [-0.2, 0) is 6.54 Å². The van der Waals surface area contributed by atoms with Crippen molar-refractivity contribution in [2.75, 3.05) is 29.2 Å². The number of anilines is 3. The van der Waals surface area contributed by atoms with E-state index in [1.54, 1.807) is 18.3 Å². The van der Waals surface area contributed by atoms with Crippen molar-refractivity contribution in [2.24, 2.45) is 0 Å². The molecule has 0 fully saturated rings. The summed E-state index contributed by atoms with van der Waals surface area (Å²) in [7, 11) is 1.81. The van der Waals surface area contributed by atoms with E-state index in [1.807, 2.05) is 25.8 Å². The molecule has 0 spiro atoms. The molecule has 1 aromatic carbocycles. The molecule has 3 N–H and O–H groups in total. The molecule has 0 aliphatic carbocycles. The van der Waals surface area contributed by atoms with Gasteiger partial charge in [-0.1, -0.05) is 0 Å². The molecule has 0 aliphatic rings. The first kappa shape index (κ1) is 17.7. The van der Waals surface area contributed by atoms with Crippen molar-refractivity contribution in [2.45, 2.75) is 26.4 Å². The van der Waals surface area contributed by atoms with Gasteiger partial charge in [0.2, 0.25) is 0 Å².